The van der Waals surface area contributed by atoms with Crippen molar-refractivity contribution in [2.75, 3.05) is 0 Å². The molecule has 5 heteroatoms. The zero-order valence-electron chi connectivity index (χ0n) is 7.80. The van der Waals surface area contributed by atoms with Crippen molar-refractivity contribution in [3.05, 3.63) is 47.5 Å². The monoisotopic (exact) mass is 224 g/mol. The van der Waals surface area contributed by atoms with Crippen LogP contribution < -0.4 is 0 Å². The lowest BCUT2D eigenvalue weighted by atomic mass is 10.1. The third-order valence-electron chi connectivity index (χ3n) is 2.04. The molecule has 1 aromatic carbocycles. The molecule has 1 N–H and O–H groups in total. The van der Waals surface area contributed by atoms with Gasteiger partial charge >= 0.3 is 0 Å². The summed E-state index contributed by atoms with van der Waals surface area (Å²) >= 11 is 1.05. The number of aromatic nitrogens is 2. The highest BCUT2D eigenvalue weighted by atomic mass is 32.1. The van der Waals surface area contributed by atoms with Crippen molar-refractivity contribution in [2.24, 2.45) is 0 Å². The minimum absolute atomic E-state index is 0.295. The molecule has 0 fully saturated rings. The molecule has 0 saturated heterocycles. The van der Waals surface area contributed by atoms with Gasteiger partial charge in [-0.25, -0.2) is 4.39 Å². The van der Waals surface area contributed by atoms with Gasteiger partial charge in [0.15, 0.2) is 0 Å². The van der Waals surface area contributed by atoms with E-state index in [4.69, 9.17) is 0 Å². The average molecular weight is 224 g/mol. The van der Waals surface area contributed by atoms with E-state index < -0.39 is 6.10 Å². The second-order valence-corrected chi connectivity index (χ2v) is 3.74. The van der Waals surface area contributed by atoms with E-state index >= 15 is 0 Å². The van der Waals surface area contributed by atoms with Crippen LogP contribution in [-0.4, -0.2) is 13.9 Å². The summed E-state index contributed by atoms with van der Waals surface area (Å²) in [6, 6.07) is 6.17. The van der Waals surface area contributed by atoms with Gasteiger partial charge in [0, 0.05) is 6.42 Å². The SMILES string of the molecule is OC(Cc1cccc(F)c1)c1cnsn1. The van der Waals surface area contributed by atoms with Gasteiger partial charge in [0.05, 0.1) is 17.9 Å². The van der Waals surface area contributed by atoms with E-state index in [9.17, 15) is 9.50 Å². The number of benzene rings is 1. The summed E-state index contributed by atoms with van der Waals surface area (Å²) < 4.78 is 20.6. The lowest BCUT2D eigenvalue weighted by molar-refractivity contribution is 0.174. The molecule has 1 atom stereocenters. The summed E-state index contributed by atoms with van der Waals surface area (Å²) in [6.45, 7) is 0. The van der Waals surface area contributed by atoms with Crippen molar-refractivity contribution in [1.29, 1.82) is 0 Å². The van der Waals surface area contributed by atoms with Crippen LogP contribution in [0.1, 0.15) is 17.4 Å². The molecule has 1 unspecified atom stereocenters. The fourth-order valence-corrected chi connectivity index (χ4v) is 1.78. The summed E-state index contributed by atoms with van der Waals surface area (Å²) in [7, 11) is 0. The molecule has 3 nitrogen and oxygen atoms in total. The maximum atomic E-state index is 12.9. The van der Waals surface area contributed by atoms with Crippen LogP contribution in [0.2, 0.25) is 0 Å². The topological polar surface area (TPSA) is 46.0 Å². The first-order chi connectivity index (χ1) is 7.25. The van der Waals surface area contributed by atoms with E-state index in [0.717, 1.165) is 17.3 Å². The van der Waals surface area contributed by atoms with Crippen LogP contribution in [0.15, 0.2) is 30.5 Å². The molecule has 2 rings (SSSR count). The highest BCUT2D eigenvalue weighted by Gasteiger charge is 2.11. The fourth-order valence-electron chi connectivity index (χ4n) is 1.31. The standard InChI is InChI=1S/C10H9FN2OS/c11-8-3-1-2-7(4-8)5-10(14)9-6-12-15-13-9/h1-4,6,10,14H,5H2. The molecule has 2 aromatic rings. The van der Waals surface area contributed by atoms with Gasteiger partial charge in [-0.3, -0.25) is 0 Å². The van der Waals surface area contributed by atoms with Crippen LogP contribution in [0, 0.1) is 5.82 Å². The van der Waals surface area contributed by atoms with Crippen LogP contribution in [0.4, 0.5) is 4.39 Å². The lowest BCUT2D eigenvalue weighted by Crippen LogP contribution is -2.02. The van der Waals surface area contributed by atoms with Gasteiger partial charge in [0.25, 0.3) is 0 Å². The number of halogens is 1. The summed E-state index contributed by atoms with van der Waals surface area (Å²) in [5.41, 5.74) is 1.28. The Morgan fingerprint density at radius 1 is 1.47 bits per heavy atom. The van der Waals surface area contributed by atoms with E-state index in [1.165, 1.54) is 18.3 Å². The minimum atomic E-state index is -0.717. The summed E-state index contributed by atoms with van der Waals surface area (Å²) in [5.74, 6) is -0.295. The Morgan fingerprint density at radius 3 is 3.00 bits per heavy atom. The van der Waals surface area contributed by atoms with Gasteiger partial charge in [-0.15, -0.1) is 0 Å². The third kappa shape index (κ3) is 2.57. The smallest absolute Gasteiger partial charge is 0.123 e. The molecule has 0 bridgehead atoms. The maximum Gasteiger partial charge on any atom is 0.123 e. The summed E-state index contributed by atoms with van der Waals surface area (Å²) in [6.07, 6.45) is 1.16. The van der Waals surface area contributed by atoms with Gasteiger partial charge in [-0.05, 0) is 17.7 Å². The number of aliphatic hydroxyl groups is 1. The van der Waals surface area contributed by atoms with E-state index in [1.54, 1.807) is 12.1 Å². The van der Waals surface area contributed by atoms with Crippen LogP contribution in [0.25, 0.3) is 0 Å². The Bertz CT molecular complexity index is 433. The first-order valence-electron chi connectivity index (χ1n) is 4.45. The van der Waals surface area contributed by atoms with Gasteiger partial charge in [0.1, 0.15) is 17.6 Å². The van der Waals surface area contributed by atoms with Crippen molar-refractivity contribution in [2.45, 2.75) is 12.5 Å². The predicted octanol–water partition coefficient (Wildman–Crippen LogP) is 1.95. The highest BCUT2D eigenvalue weighted by Crippen LogP contribution is 2.16. The largest absolute Gasteiger partial charge is 0.386 e. The van der Waals surface area contributed by atoms with Crippen molar-refractivity contribution < 1.29 is 9.50 Å². The Hall–Kier alpha value is -1.33. The number of rotatable bonds is 3. The Balaban J connectivity index is 2.09. The van der Waals surface area contributed by atoms with Crippen molar-refractivity contribution in [3.63, 3.8) is 0 Å². The van der Waals surface area contributed by atoms with Crippen molar-refractivity contribution in [1.82, 2.24) is 8.75 Å². The molecule has 0 amide bonds. The molecule has 1 aromatic heterocycles. The molecular formula is C10H9FN2OS. The molecule has 15 heavy (non-hydrogen) atoms. The van der Waals surface area contributed by atoms with Gasteiger partial charge in [0.2, 0.25) is 0 Å². The van der Waals surface area contributed by atoms with E-state index in [-0.39, 0.29) is 5.82 Å². The molecule has 0 saturated carbocycles. The van der Waals surface area contributed by atoms with Crippen LogP contribution >= 0.6 is 11.7 Å². The zero-order chi connectivity index (χ0) is 10.7. The van der Waals surface area contributed by atoms with Gasteiger partial charge in [-0.1, -0.05) is 12.1 Å². The lowest BCUT2D eigenvalue weighted by Gasteiger charge is -2.06. The minimum Gasteiger partial charge on any atom is -0.386 e. The average Bonchev–Trinajstić information content (AvgIpc) is 2.70. The maximum absolute atomic E-state index is 12.9. The van der Waals surface area contributed by atoms with Crippen molar-refractivity contribution in [3.8, 4) is 0 Å². The van der Waals surface area contributed by atoms with Crippen molar-refractivity contribution >= 4 is 11.7 Å². The van der Waals surface area contributed by atoms with Crippen LogP contribution in [0.5, 0.6) is 0 Å². The number of hydrogen-bond donors (Lipinski definition) is 1. The summed E-state index contributed by atoms with van der Waals surface area (Å²) in [4.78, 5) is 0. The van der Waals surface area contributed by atoms with Gasteiger partial charge < -0.3 is 5.11 Å². The van der Waals surface area contributed by atoms with E-state index in [0.29, 0.717) is 12.1 Å². The second kappa shape index (κ2) is 4.46. The first kappa shape index (κ1) is 10.2. The molecule has 0 aliphatic rings. The van der Waals surface area contributed by atoms with Crippen LogP contribution in [0.3, 0.4) is 0 Å². The van der Waals surface area contributed by atoms with E-state index in [2.05, 4.69) is 8.75 Å². The predicted molar refractivity (Wildman–Crippen MR) is 55.0 cm³/mol. The first-order valence-corrected chi connectivity index (χ1v) is 5.18. The Kier molecular flexibility index (Phi) is 3.03. The van der Waals surface area contributed by atoms with Crippen LogP contribution in [-0.2, 0) is 6.42 Å². The number of hydrogen-bond acceptors (Lipinski definition) is 4. The molecule has 0 aliphatic heterocycles. The molecule has 0 aliphatic carbocycles. The molecule has 0 spiro atoms. The second-order valence-electron chi connectivity index (χ2n) is 3.18. The molecule has 0 radical (unpaired) electrons. The van der Waals surface area contributed by atoms with Gasteiger partial charge in [-0.2, -0.15) is 8.75 Å². The number of nitrogens with zero attached hydrogens (tertiary/aromatic N) is 2. The zero-order valence-corrected chi connectivity index (χ0v) is 8.62. The number of aliphatic hydroxyl groups excluding tert-OH is 1. The Labute approximate surface area is 90.5 Å². The molecular weight excluding hydrogens is 215 g/mol. The Morgan fingerprint density at radius 2 is 2.33 bits per heavy atom. The summed E-state index contributed by atoms with van der Waals surface area (Å²) in [5, 5.41) is 9.74. The molecule has 1 heterocycles. The fraction of sp³-hybridized carbons (Fsp3) is 0.200. The quantitative estimate of drug-likeness (QED) is 0.866. The third-order valence-corrected chi connectivity index (χ3v) is 2.53. The highest BCUT2D eigenvalue weighted by molar-refractivity contribution is 6.99. The van der Waals surface area contributed by atoms with E-state index in [1.807, 2.05) is 0 Å². The normalized spacial score (nSPS) is 12.7. The molecule has 78 valence electrons.